The quantitative estimate of drug-likeness (QED) is 0.600. The number of hydrogen-bond acceptors (Lipinski definition) is 8. The standard InChI is InChI=1S/C15H10FN7O2S/c16-9-3-1-7(2-4-9)11-8(6-19-20-11)5-10-14(24)23(15(18)26-10)13-12(17)21-25-22-13/h1-6,18H,(H2,17,21)(H,19,20)/b10-5-,18-15?. The van der Waals surface area contributed by atoms with E-state index in [1.54, 1.807) is 18.2 Å². The van der Waals surface area contributed by atoms with Crippen molar-refractivity contribution in [2.24, 2.45) is 0 Å². The largest absolute Gasteiger partial charge is 0.378 e. The van der Waals surface area contributed by atoms with Crippen molar-refractivity contribution in [3.05, 3.63) is 46.7 Å². The van der Waals surface area contributed by atoms with Crippen LogP contribution in [0.1, 0.15) is 5.56 Å². The third kappa shape index (κ3) is 2.63. The summed E-state index contributed by atoms with van der Waals surface area (Å²) in [5, 5.41) is 21.7. The molecule has 0 aliphatic carbocycles. The minimum Gasteiger partial charge on any atom is -0.378 e. The highest BCUT2D eigenvalue weighted by molar-refractivity contribution is 8.19. The van der Waals surface area contributed by atoms with Crippen molar-refractivity contribution in [3.8, 4) is 11.3 Å². The molecule has 1 aliphatic rings. The molecule has 4 rings (SSSR count). The summed E-state index contributed by atoms with van der Waals surface area (Å²) in [6.45, 7) is 0. The van der Waals surface area contributed by atoms with E-state index in [9.17, 15) is 9.18 Å². The van der Waals surface area contributed by atoms with Crippen molar-refractivity contribution >= 4 is 40.5 Å². The molecule has 9 nitrogen and oxygen atoms in total. The van der Waals surface area contributed by atoms with Gasteiger partial charge in [-0.2, -0.15) is 5.10 Å². The van der Waals surface area contributed by atoms with Crippen LogP contribution in [0.3, 0.4) is 0 Å². The maximum absolute atomic E-state index is 13.1. The van der Waals surface area contributed by atoms with E-state index in [0.29, 0.717) is 16.8 Å². The molecule has 1 fully saturated rings. The van der Waals surface area contributed by atoms with Crippen molar-refractivity contribution in [2.75, 3.05) is 10.6 Å². The number of nitrogens with two attached hydrogens (primary N) is 1. The molecule has 0 bridgehead atoms. The summed E-state index contributed by atoms with van der Waals surface area (Å²) < 4.78 is 17.6. The Morgan fingerprint density at radius 1 is 1.31 bits per heavy atom. The smallest absolute Gasteiger partial charge is 0.272 e. The third-order valence-corrected chi connectivity index (χ3v) is 4.51. The second kappa shape index (κ2) is 6.11. The van der Waals surface area contributed by atoms with Crippen molar-refractivity contribution < 1.29 is 13.8 Å². The van der Waals surface area contributed by atoms with Gasteiger partial charge in [-0.1, -0.05) is 0 Å². The molecule has 3 aromatic rings. The van der Waals surface area contributed by atoms with Gasteiger partial charge >= 0.3 is 0 Å². The molecule has 0 atom stereocenters. The SMILES string of the molecule is N=C1S/C(=C\c2cn[nH]c2-c2ccc(F)cc2)C(=O)N1c1nonc1N. The maximum atomic E-state index is 13.1. The molecule has 2 aromatic heterocycles. The normalized spacial score (nSPS) is 16.0. The van der Waals surface area contributed by atoms with Gasteiger partial charge in [-0.05, 0) is 52.4 Å². The van der Waals surface area contributed by atoms with Gasteiger partial charge in [-0.15, -0.1) is 0 Å². The Kier molecular flexibility index (Phi) is 3.77. The number of benzene rings is 1. The Hall–Kier alpha value is -3.47. The highest BCUT2D eigenvalue weighted by atomic mass is 32.2. The second-order valence-corrected chi connectivity index (χ2v) is 6.27. The van der Waals surface area contributed by atoms with E-state index in [2.05, 4.69) is 25.1 Å². The summed E-state index contributed by atoms with van der Waals surface area (Å²) in [6.07, 6.45) is 3.13. The van der Waals surface area contributed by atoms with Crippen LogP contribution in [0.25, 0.3) is 17.3 Å². The van der Waals surface area contributed by atoms with Gasteiger partial charge in [-0.25, -0.2) is 13.9 Å². The average Bonchev–Trinajstić information content (AvgIpc) is 3.30. The molecule has 3 heterocycles. The summed E-state index contributed by atoms with van der Waals surface area (Å²) >= 11 is 0.947. The van der Waals surface area contributed by atoms with Gasteiger partial charge in [0.25, 0.3) is 5.91 Å². The van der Waals surface area contributed by atoms with E-state index in [0.717, 1.165) is 16.7 Å². The zero-order valence-electron chi connectivity index (χ0n) is 12.9. The van der Waals surface area contributed by atoms with Gasteiger partial charge in [0.15, 0.2) is 5.17 Å². The number of nitrogens with one attached hydrogen (secondary N) is 2. The van der Waals surface area contributed by atoms with Crippen LogP contribution in [-0.4, -0.2) is 31.6 Å². The van der Waals surface area contributed by atoms with Crippen LogP contribution in [0, 0.1) is 11.2 Å². The molecule has 0 radical (unpaired) electrons. The van der Waals surface area contributed by atoms with Crippen LogP contribution < -0.4 is 10.6 Å². The van der Waals surface area contributed by atoms with E-state index in [1.165, 1.54) is 18.3 Å². The van der Waals surface area contributed by atoms with E-state index in [-0.39, 0.29) is 27.5 Å². The van der Waals surface area contributed by atoms with Gasteiger partial charge < -0.3 is 5.73 Å². The number of amidine groups is 1. The fraction of sp³-hybridized carbons (Fsp3) is 0. The summed E-state index contributed by atoms with van der Waals surface area (Å²) in [6, 6.07) is 5.87. The minimum atomic E-state index is -0.478. The van der Waals surface area contributed by atoms with Crippen LogP contribution in [0.4, 0.5) is 16.0 Å². The number of rotatable bonds is 3. The maximum Gasteiger partial charge on any atom is 0.272 e. The van der Waals surface area contributed by atoms with Gasteiger partial charge in [0.05, 0.1) is 16.8 Å². The van der Waals surface area contributed by atoms with Crippen LogP contribution in [0.15, 0.2) is 40.0 Å². The molecule has 4 N–H and O–H groups in total. The summed E-state index contributed by atoms with van der Waals surface area (Å²) in [5.74, 6) is -0.937. The first kappa shape index (κ1) is 16.0. The first-order valence-corrected chi connectivity index (χ1v) is 8.06. The molecule has 1 aliphatic heterocycles. The van der Waals surface area contributed by atoms with Crippen molar-refractivity contribution in [2.45, 2.75) is 0 Å². The lowest BCUT2D eigenvalue weighted by atomic mass is 10.1. The van der Waals surface area contributed by atoms with Crippen LogP contribution in [0.5, 0.6) is 0 Å². The topological polar surface area (TPSA) is 138 Å². The zero-order valence-corrected chi connectivity index (χ0v) is 13.7. The van der Waals surface area contributed by atoms with E-state index < -0.39 is 5.91 Å². The average molecular weight is 371 g/mol. The number of aromatic nitrogens is 4. The molecule has 11 heteroatoms. The number of aromatic amines is 1. The Bertz CT molecular complexity index is 1040. The number of H-pyrrole nitrogens is 1. The van der Waals surface area contributed by atoms with Crippen LogP contribution in [-0.2, 0) is 4.79 Å². The van der Waals surface area contributed by atoms with Crippen molar-refractivity contribution in [1.82, 2.24) is 20.5 Å². The number of nitrogen functional groups attached to an aromatic ring is 1. The Morgan fingerprint density at radius 3 is 2.77 bits per heavy atom. The molecule has 26 heavy (non-hydrogen) atoms. The molecular weight excluding hydrogens is 361 g/mol. The summed E-state index contributed by atoms with van der Waals surface area (Å²) in [7, 11) is 0. The number of thioether (sulfide) groups is 1. The van der Waals surface area contributed by atoms with Crippen LogP contribution in [0.2, 0.25) is 0 Å². The second-order valence-electron chi connectivity index (χ2n) is 5.24. The molecule has 1 aromatic carbocycles. The first-order chi connectivity index (χ1) is 12.5. The molecule has 1 amide bonds. The Morgan fingerprint density at radius 2 is 2.08 bits per heavy atom. The van der Waals surface area contributed by atoms with Crippen LogP contribution >= 0.6 is 11.8 Å². The van der Waals surface area contributed by atoms with E-state index in [4.69, 9.17) is 11.1 Å². The number of anilines is 2. The number of nitrogens with zero attached hydrogens (tertiary/aromatic N) is 4. The monoisotopic (exact) mass is 371 g/mol. The molecule has 130 valence electrons. The fourth-order valence-corrected chi connectivity index (χ4v) is 3.25. The predicted molar refractivity (Wildman–Crippen MR) is 93.5 cm³/mol. The van der Waals surface area contributed by atoms with Gasteiger partial charge in [0, 0.05) is 11.1 Å². The van der Waals surface area contributed by atoms with E-state index in [1.807, 2.05) is 0 Å². The first-order valence-electron chi connectivity index (χ1n) is 7.24. The lowest BCUT2D eigenvalue weighted by Crippen LogP contribution is -2.29. The molecule has 1 saturated heterocycles. The Labute approximate surface area is 149 Å². The lowest BCUT2D eigenvalue weighted by molar-refractivity contribution is -0.113. The highest BCUT2D eigenvalue weighted by Gasteiger charge is 2.37. The lowest BCUT2D eigenvalue weighted by Gasteiger charge is -2.09. The van der Waals surface area contributed by atoms with Gasteiger partial charge in [-0.3, -0.25) is 15.3 Å². The fourth-order valence-electron chi connectivity index (χ4n) is 2.42. The zero-order chi connectivity index (χ0) is 18.3. The van der Waals surface area contributed by atoms with Crippen molar-refractivity contribution in [3.63, 3.8) is 0 Å². The molecular formula is C15H10FN7O2S. The number of hydrogen-bond donors (Lipinski definition) is 3. The van der Waals surface area contributed by atoms with Crippen molar-refractivity contribution in [1.29, 1.82) is 5.41 Å². The molecule has 0 unspecified atom stereocenters. The number of carbonyl (C=O) groups excluding carboxylic acids is 1. The highest BCUT2D eigenvalue weighted by Crippen LogP contribution is 2.37. The molecule has 0 saturated carbocycles. The van der Waals surface area contributed by atoms with Gasteiger partial charge in [0.2, 0.25) is 11.6 Å². The number of amides is 1. The Balaban J connectivity index is 1.69. The summed E-state index contributed by atoms with van der Waals surface area (Å²) in [4.78, 5) is 13.9. The summed E-state index contributed by atoms with van der Waals surface area (Å²) in [5.41, 5.74) is 7.56. The molecule has 0 spiro atoms. The predicted octanol–water partition coefficient (Wildman–Crippen LogP) is 2.24. The third-order valence-electron chi connectivity index (χ3n) is 3.62. The number of halogens is 1. The number of carbonyl (C=O) groups is 1. The minimum absolute atomic E-state index is 0.0261. The van der Waals surface area contributed by atoms with Gasteiger partial charge in [0.1, 0.15) is 5.82 Å². The van der Waals surface area contributed by atoms with E-state index >= 15 is 0 Å².